The minimum absolute atomic E-state index is 0.198. The highest BCUT2D eigenvalue weighted by molar-refractivity contribution is 5.97. The molecule has 0 aliphatic carbocycles. The van der Waals surface area contributed by atoms with Crippen LogP contribution in [0.25, 0.3) is 0 Å². The van der Waals surface area contributed by atoms with Crippen LogP contribution >= 0.6 is 0 Å². The van der Waals surface area contributed by atoms with Crippen LogP contribution in [0.1, 0.15) is 19.4 Å². The lowest BCUT2D eigenvalue weighted by Crippen LogP contribution is -2.43. The van der Waals surface area contributed by atoms with Crippen molar-refractivity contribution in [2.45, 2.75) is 32.4 Å². The van der Waals surface area contributed by atoms with Crippen LogP contribution in [0.2, 0.25) is 0 Å². The van der Waals surface area contributed by atoms with Crippen molar-refractivity contribution in [3.05, 3.63) is 29.8 Å². The molecule has 1 fully saturated rings. The van der Waals surface area contributed by atoms with Crippen LogP contribution in [-0.4, -0.2) is 42.5 Å². The van der Waals surface area contributed by atoms with Crippen molar-refractivity contribution in [2.24, 2.45) is 11.7 Å². The van der Waals surface area contributed by atoms with Gasteiger partial charge < -0.3 is 10.6 Å². The molecule has 2 aliphatic rings. The van der Waals surface area contributed by atoms with Crippen LogP contribution in [0.3, 0.4) is 0 Å². The van der Waals surface area contributed by atoms with Gasteiger partial charge in [-0.25, -0.2) is 0 Å². The second kappa shape index (κ2) is 5.19. The summed E-state index contributed by atoms with van der Waals surface area (Å²) in [5.74, 6) is 0.676. The van der Waals surface area contributed by atoms with Gasteiger partial charge in [-0.1, -0.05) is 25.1 Å². The summed E-state index contributed by atoms with van der Waals surface area (Å²) in [6.45, 7) is 6.52. The number of carbonyl (C=O) groups excluding carboxylic acids is 1. The maximum absolute atomic E-state index is 12.6. The van der Waals surface area contributed by atoms with E-state index in [1.807, 2.05) is 17.0 Å². The molecule has 2 N–H and O–H groups in total. The average Bonchev–Trinajstić information content (AvgIpc) is 2.88. The Morgan fingerprint density at radius 3 is 2.75 bits per heavy atom. The molecule has 2 heterocycles. The number of amides is 1. The highest BCUT2D eigenvalue weighted by Gasteiger charge is 2.33. The molecular weight excluding hydrogens is 250 g/mol. The monoisotopic (exact) mass is 273 g/mol. The van der Waals surface area contributed by atoms with Gasteiger partial charge in [-0.15, -0.1) is 0 Å². The molecule has 1 aromatic rings. The van der Waals surface area contributed by atoms with E-state index in [9.17, 15) is 4.79 Å². The summed E-state index contributed by atoms with van der Waals surface area (Å²) in [4.78, 5) is 16.8. The first-order valence-electron chi connectivity index (χ1n) is 7.44. The molecule has 3 unspecified atom stereocenters. The zero-order valence-electron chi connectivity index (χ0n) is 12.2. The molecule has 1 aromatic carbocycles. The number of benzene rings is 1. The van der Waals surface area contributed by atoms with Crippen LogP contribution < -0.4 is 10.6 Å². The first kappa shape index (κ1) is 13.6. The Morgan fingerprint density at radius 2 is 2.05 bits per heavy atom. The predicted molar refractivity (Wildman–Crippen MR) is 80.7 cm³/mol. The third-order valence-electron chi connectivity index (χ3n) is 4.58. The molecule has 0 saturated carbocycles. The number of para-hydroxylation sites is 1. The summed E-state index contributed by atoms with van der Waals surface area (Å²) < 4.78 is 0. The molecule has 3 atom stereocenters. The van der Waals surface area contributed by atoms with Gasteiger partial charge in [0.05, 0.1) is 6.54 Å². The second-order valence-corrected chi connectivity index (χ2v) is 6.28. The average molecular weight is 273 g/mol. The van der Waals surface area contributed by atoms with E-state index in [4.69, 9.17) is 5.73 Å². The minimum atomic E-state index is 0.198. The highest BCUT2D eigenvalue weighted by atomic mass is 16.2. The van der Waals surface area contributed by atoms with Crippen LogP contribution in [0.4, 0.5) is 5.69 Å². The molecule has 4 nitrogen and oxygen atoms in total. The van der Waals surface area contributed by atoms with Gasteiger partial charge in [0, 0.05) is 30.9 Å². The van der Waals surface area contributed by atoms with Gasteiger partial charge >= 0.3 is 0 Å². The number of likely N-dealkylation sites (tertiary alicyclic amines) is 1. The zero-order chi connectivity index (χ0) is 14.3. The fraction of sp³-hybridized carbons (Fsp3) is 0.562. The lowest BCUT2D eigenvalue weighted by molar-refractivity contribution is -0.119. The van der Waals surface area contributed by atoms with E-state index in [0.717, 1.165) is 25.2 Å². The van der Waals surface area contributed by atoms with Gasteiger partial charge in [-0.3, -0.25) is 9.69 Å². The second-order valence-electron chi connectivity index (χ2n) is 6.28. The SMILES string of the molecule is CC1CN(CC(=O)N2c3ccccc3CC2C)CC1N. The van der Waals surface area contributed by atoms with Gasteiger partial charge in [-0.05, 0) is 30.9 Å². The summed E-state index contributed by atoms with van der Waals surface area (Å²) >= 11 is 0. The molecule has 0 spiro atoms. The van der Waals surface area contributed by atoms with E-state index >= 15 is 0 Å². The maximum Gasteiger partial charge on any atom is 0.241 e. The van der Waals surface area contributed by atoms with Crippen molar-refractivity contribution < 1.29 is 4.79 Å². The Balaban J connectivity index is 1.72. The van der Waals surface area contributed by atoms with Crippen molar-refractivity contribution in [3.8, 4) is 0 Å². The molecule has 2 aliphatic heterocycles. The number of carbonyl (C=O) groups is 1. The van der Waals surface area contributed by atoms with E-state index < -0.39 is 0 Å². The first-order valence-corrected chi connectivity index (χ1v) is 7.44. The Bertz CT molecular complexity index is 506. The topological polar surface area (TPSA) is 49.6 Å². The third kappa shape index (κ3) is 2.34. The molecule has 0 aromatic heterocycles. The molecule has 1 amide bonds. The summed E-state index contributed by atoms with van der Waals surface area (Å²) in [6.07, 6.45) is 0.956. The van der Waals surface area contributed by atoms with Crippen LogP contribution in [0.15, 0.2) is 24.3 Å². The largest absolute Gasteiger partial charge is 0.326 e. The van der Waals surface area contributed by atoms with Gasteiger partial charge in [0.15, 0.2) is 0 Å². The van der Waals surface area contributed by atoms with Crippen molar-refractivity contribution in [3.63, 3.8) is 0 Å². The number of hydrogen-bond acceptors (Lipinski definition) is 3. The van der Waals surface area contributed by atoms with Crippen molar-refractivity contribution >= 4 is 11.6 Å². The van der Waals surface area contributed by atoms with E-state index in [2.05, 4.69) is 30.9 Å². The predicted octanol–water partition coefficient (Wildman–Crippen LogP) is 1.24. The summed E-state index contributed by atoms with van der Waals surface area (Å²) in [5.41, 5.74) is 8.40. The zero-order valence-corrected chi connectivity index (χ0v) is 12.2. The van der Waals surface area contributed by atoms with Gasteiger partial charge in [0.2, 0.25) is 5.91 Å². The Hall–Kier alpha value is -1.39. The quantitative estimate of drug-likeness (QED) is 0.882. The standard InChI is InChI=1S/C16H23N3O/c1-11-8-18(9-14(11)17)10-16(20)19-12(2)7-13-5-3-4-6-15(13)19/h3-6,11-12,14H,7-10,17H2,1-2H3. The summed E-state index contributed by atoms with van der Waals surface area (Å²) in [7, 11) is 0. The summed E-state index contributed by atoms with van der Waals surface area (Å²) in [5, 5.41) is 0. The van der Waals surface area contributed by atoms with Gasteiger partial charge in [-0.2, -0.15) is 0 Å². The third-order valence-corrected chi connectivity index (χ3v) is 4.58. The number of anilines is 1. The number of nitrogens with two attached hydrogens (primary N) is 1. The number of nitrogens with zero attached hydrogens (tertiary/aromatic N) is 2. The van der Waals surface area contributed by atoms with Crippen LogP contribution in [0.5, 0.6) is 0 Å². The molecule has 1 saturated heterocycles. The van der Waals surface area contributed by atoms with Crippen LogP contribution in [0, 0.1) is 5.92 Å². The lowest BCUT2D eigenvalue weighted by atomic mass is 10.1. The Labute approximate surface area is 120 Å². The Kier molecular flexibility index (Phi) is 3.52. The fourth-order valence-corrected chi connectivity index (χ4v) is 3.44. The molecule has 108 valence electrons. The highest BCUT2D eigenvalue weighted by Crippen LogP contribution is 2.32. The lowest BCUT2D eigenvalue weighted by Gasteiger charge is -2.25. The van der Waals surface area contributed by atoms with E-state index in [1.54, 1.807) is 0 Å². The molecular formula is C16H23N3O. The Morgan fingerprint density at radius 1 is 1.30 bits per heavy atom. The first-order chi connectivity index (χ1) is 9.56. The molecule has 0 radical (unpaired) electrons. The maximum atomic E-state index is 12.6. The van der Waals surface area contributed by atoms with Crippen molar-refractivity contribution in [1.82, 2.24) is 4.90 Å². The molecule has 20 heavy (non-hydrogen) atoms. The number of rotatable bonds is 2. The normalized spacial score (nSPS) is 29.8. The van der Waals surface area contributed by atoms with E-state index in [1.165, 1.54) is 5.56 Å². The van der Waals surface area contributed by atoms with E-state index in [-0.39, 0.29) is 18.0 Å². The van der Waals surface area contributed by atoms with Gasteiger partial charge in [0.25, 0.3) is 0 Å². The van der Waals surface area contributed by atoms with E-state index in [0.29, 0.717) is 12.5 Å². The molecule has 4 heteroatoms. The molecule has 0 bridgehead atoms. The molecule has 3 rings (SSSR count). The number of hydrogen-bond donors (Lipinski definition) is 1. The smallest absolute Gasteiger partial charge is 0.241 e. The van der Waals surface area contributed by atoms with Crippen molar-refractivity contribution in [1.29, 1.82) is 0 Å². The minimum Gasteiger partial charge on any atom is -0.326 e. The van der Waals surface area contributed by atoms with Crippen molar-refractivity contribution in [2.75, 3.05) is 24.5 Å². The summed E-state index contributed by atoms with van der Waals surface area (Å²) in [6, 6.07) is 8.67. The van der Waals surface area contributed by atoms with Gasteiger partial charge in [0.1, 0.15) is 0 Å². The van der Waals surface area contributed by atoms with Crippen LogP contribution in [-0.2, 0) is 11.2 Å². The number of fused-ring (bicyclic) bond motifs is 1. The fourth-order valence-electron chi connectivity index (χ4n) is 3.44.